The summed E-state index contributed by atoms with van der Waals surface area (Å²) in [5, 5.41) is 0. The summed E-state index contributed by atoms with van der Waals surface area (Å²) >= 11 is 0. The van der Waals surface area contributed by atoms with E-state index >= 15 is 0 Å². The van der Waals surface area contributed by atoms with Crippen molar-refractivity contribution in [3.63, 3.8) is 0 Å². The summed E-state index contributed by atoms with van der Waals surface area (Å²) in [6.45, 7) is 2.05. The van der Waals surface area contributed by atoms with Crippen LogP contribution in [0.1, 0.15) is 5.56 Å². The van der Waals surface area contributed by atoms with E-state index in [1.54, 1.807) is 0 Å². The van der Waals surface area contributed by atoms with Gasteiger partial charge >= 0.3 is 0 Å². The molecule has 0 aliphatic carbocycles. The smallest absolute Gasteiger partial charge is 0.108 e. The summed E-state index contributed by atoms with van der Waals surface area (Å²) in [4.78, 5) is 14.0. The van der Waals surface area contributed by atoms with Crippen LogP contribution in [0.15, 0.2) is 73.1 Å². The van der Waals surface area contributed by atoms with Gasteiger partial charge in [0.15, 0.2) is 0 Å². The monoisotopic (exact) mass is 297 g/mol. The first-order chi connectivity index (χ1) is 11.3. The number of fused-ring (bicyclic) bond motifs is 1. The average Bonchev–Trinajstić information content (AvgIpc) is 2.63. The molecule has 23 heavy (non-hydrogen) atoms. The van der Waals surface area contributed by atoms with Gasteiger partial charge in [0.05, 0.1) is 29.3 Å². The highest BCUT2D eigenvalue weighted by atomic mass is 14.8. The number of hydrogen-bond donors (Lipinski definition) is 0. The van der Waals surface area contributed by atoms with E-state index in [1.165, 1.54) is 0 Å². The zero-order valence-electron chi connectivity index (χ0n) is 12.8. The molecule has 0 N–H and O–H groups in total. The van der Waals surface area contributed by atoms with Crippen molar-refractivity contribution in [3.8, 4) is 22.5 Å². The van der Waals surface area contributed by atoms with E-state index in [2.05, 4.69) is 29.0 Å². The lowest BCUT2D eigenvalue weighted by atomic mass is 10.1. The highest BCUT2D eigenvalue weighted by molar-refractivity contribution is 5.84. The second kappa shape index (κ2) is 5.61. The van der Waals surface area contributed by atoms with Crippen LogP contribution in [0.25, 0.3) is 33.5 Å². The Balaban J connectivity index is 1.86. The minimum atomic E-state index is 0.823. The molecule has 2 aromatic heterocycles. The fourth-order valence-electron chi connectivity index (χ4n) is 2.75. The third-order valence-corrected chi connectivity index (χ3v) is 3.94. The third kappa shape index (κ3) is 2.46. The van der Waals surface area contributed by atoms with Crippen LogP contribution in [0.4, 0.5) is 0 Å². The minimum absolute atomic E-state index is 0.823. The van der Waals surface area contributed by atoms with Crippen LogP contribution in [0.5, 0.6) is 0 Å². The van der Waals surface area contributed by atoms with Crippen LogP contribution in [0.3, 0.4) is 0 Å². The molecule has 0 aliphatic heterocycles. The molecular weight excluding hydrogens is 282 g/mol. The van der Waals surface area contributed by atoms with Crippen molar-refractivity contribution in [3.05, 3.63) is 78.6 Å². The second-order valence-electron chi connectivity index (χ2n) is 5.45. The van der Waals surface area contributed by atoms with Gasteiger partial charge in [0, 0.05) is 16.7 Å². The maximum Gasteiger partial charge on any atom is 0.108 e. The molecule has 0 fully saturated rings. The number of hydrogen-bond acceptors (Lipinski definition) is 3. The van der Waals surface area contributed by atoms with Crippen molar-refractivity contribution in [1.29, 1.82) is 0 Å². The number of aromatic nitrogens is 3. The highest BCUT2D eigenvalue weighted by Crippen LogP contribution is 2.26. The van der Waals surface area contributed by atoms with Crippen molar-refractivity contribution in [2.45, 2.75) is 6.92 Å². The molecule has 3 nitrogen and oxygen atoms in total. The molecule has 0 saturated carbocycles. The van der Waals surface area contributed by atoms with Gasteiger partial charge in [-0.1, -0.05) is 60.7 Å². The van der Waals surface area contributed by atoms with E-state index in [4.69, 9.17) is 4.98 Å². The zero-order valence-corrected chi connectivity index (χ0v) is 12.8. The Hall–Kier alpha value is -3.07. The Kier molecular flexibility index (Phi) is 3.31. The molecule has 4 aromatic rings. The van der Waals surface area contributed by atoms with Crippen LogP contribution >= 0.6 is 0 Å². The Bertz CT molecular complexity index is 964. The summed E-state index contributed by atoms with van der Waals surface area (Å²) < 4.78 is 0. The molecule has 0 radical (unpaired) electrons. The number of aryl methyl sites for hydroxylation is 1. The maximum atomic E-state index is 4.72. The van der Waals surface area contributed by atoms with Crippen LogP contribution in [-0.4, -0.2) is 15.0 Å². The van der Waals surface area contributed by atoms with E-state index in [0.717, 1.165) is 39.1 Å². The summed E-state index contributed by atoms with van der Waals surface area (Å²) in [7, 11) is 0. The van der Waals surface area contributed by atoms with Gasteiger partial charge in [-0.3, -0.25) is 9.97 Å². The predicted molar refractivity (Wildman–Crippen MR) is 92.9 cm³/mol. The number of pyridine rings is 1. The lowest BCUT2D eigenvalue weighted by Crippen LogP contribution is -1.95. The molecule has 0 atom stereocenters. The molecule has 4 rings (SSSR count). The topological polar surface area (TPSA) is 38.7 Å². The predicted octanol–water partition coefficient (Wildman–Crippen LogP) is 4.67. The SMILES string of the molecule is Cc1c(-c2ccccc2)ncc2nc(-c3ccccc3)cnc12. The molecule has 0 spiro atoms. The highest BCUT2D eigenvalue weighted by Gasteiger charge is 2.10. The lowest BCUT2D eigenvalue weighted by Gasteiger charge is -2.09. The zero-order chi connectivity index (χ0) is 15.6. The minimum Gasteiger partial charge on any atom is -0.254 e. The molecule has 110 valence electrons. The van der Waals surface area contributed by atoms with Gasteiger partial charge in [-0.05, 0) is 6.92 Å². The van der Waals surface area contributed by atoms with E-state index in [1.807, 2.05) is 60.9 Å². The summed E-state index contributed by atoms with van der Waals surface area (Å²) in [5.41, 5.74) is 6.77. The second-order valence-corrected chi connectivity index (χ2v) is 5.45. The van der Waals surface area contributed by atoms with Gasteiger partial charge in [-0.2, -0.15) is 0 Å². The molecule has 0 amide bonds. The molecule has 0 aliphatic rings. The van der Waals surface area contributed by atoms with Crippen molar-refractivity contribution in [1.82, 2.24) is 15.0 Å². The van der Waals surface area contributed by atoms with E-state index < -0.39 is 0 Å². The quantitative estimate of drug-likeness (QED) is 0.540. The van der Waals surface area contributed by atoms with Crippen LogP contribution in [0, 0.1) is 6.92 Å². The first kappa shape index (κ1) is 13.6. The lowest BCUT2D eigenvalue weighted by molar-refractivity contribution is 1.22. The Morgan fingerprint density at radius 1 is 0.696 bits per heavy atom. The summed E-state index contributed by atoms with van der Waals surface area (Å²) in [6, 6.07) is 20.2. The third-order valence-electron chi connectivity index (χ3n) is 3.94. The van der Waals surface area contributed by atoms with Gasteiger partial charge in [0.25, 0.3) is 0 Å². The molecule has 0 saturated heterocycles. The Morgan fingerprint density at radius 2 is 1.35 bits per heavy atom. The van der Waals surface area contributed by atoms with Crippen molar-refractivity contribution < 1.29 is 0 Å². The summed E-state index contributed by atoms with van der Waals surface area (Å²) in [6.07, 6.45) is 3.64. The van der Waals surface area contributed by atoms with E-state index in [-0.39, 0.29) is 0 Å². The van der Waals surface area contributed by atoms with Gasteiger partial charge < -0.3 is 0 Å². The first-order valence-electron chi connectivity index (χ1n) is 7.56. The average molecular weight is 297 g/mol. The van der Waals surface area contributed by atoms with E-state index in [9.17, 15) is 0 Å². The standard InChI is InChI=1S/C20H15N3/c1-14-19(16-10-6-3-7-11-16)21-13-18-20(14)22-12-17(23-18)15-8-4-2-5-9-15/h2-13H,1H3. The summed E-state index contributed by atoms with van der Waals surface area (Å²) in [5.74, 6) is 0. The largest absolute Gasteiger partial charge is 0.254 e. The van der Waals surface area contributed by atoms with Crippen molar-refractivity contribution >= 4 is 11.0 Å². The fourth-order valence-corrected chi connectivity index (χ4v) is 2.75. The molecular formula is C20H15N3. The van der Waals surface area contributed by atoms with Crippen molar-refractivity contribution in [2.75, 3.05) is 0 Å². The number of rotatable bonds is 2. The van der Waals surface area contributed by atoms with Gasteiger partial charge in [0.1, 0.15) is 5.52 Å². The van der Waals surface area contributed by atoms with Gasteiger partial charge in [-0.15, -0.1) is 0 Å². The van der Waals surface area contributed by atoms with Crippen LogP contribution in [0.2, 0.25) is 0 Å². The maximum absolute atomic E-state index is 4.72. The fraction of sp³-hybridized carbons (Fsp3) is 0.0500. The molecule has 0 bridgehead atoms. The Morgan fingerprint density at radius 3 is 2.04 bits per heavy atom. The molecule has 2 heterocycles. The van der Waals surface area contributed by atoms with E-state index in [0.29, 0.717) is 0 Å². The number of benzene rings is 2. The molecule has 3 heteroatoms. The first-order valence-corrected chi connectivity index (χ1v) is 7.56. The van der Waals surface area contributed by atoms with Gasteiger partial charge in [0.2, 0.25) is 0 Å². The molecule has 2 aromatic carbocycles. The van der Waals surface area contributed by atoms with Gasteiger partial charge in [-0.25, -0.2) is 4.98 Å². The molecule has 0 unspecified atom stereocenters. The normalized spacial score (nSPS) is 10.8. The van der Waals surface area contributed by atoms with Crippen molar-refractivity contribution in [2.24, 2.45) is 0 Å². The van der Waals surface area contributed by atoms with Crippen LogP contribution in [-0.2, 0) is 0 Å². The number of nitrogens with zero attached hydrogens (tertiary/aromatic N) is 3. The van der Waals surface area contributed by atoms with Crippen LogP contribution < -0.4 is 0 Å². The Labute approximate surface area is 134 Å².